The molecule has 2 heterocycles. The molecule has 0 aliphatic rings. The number of benzene rings is 1. The van der Waals surface area contributed by atoms with E-state index in [1.807, 2.05) is 30.3 Å². The van der Waals surface area contributed by atoms with E-state index in [9.17, 15) is 4.79 Å². The molecule has 1 aromatic carbocycles. The second kappa shape index (κ2) is 7.19. The minimum absolute atomic E-state index is 0.0820. The van der Waals surface area contributed by atoms with E-state index in [1.54, 1.807) is 12.4 Å². The van der Waals surface area contributed by atoms with Crippen molar-refractivity contribution in [2.45, 2.75) is 26.2 Å². The van der Waals surface area contributed by atoms with Crippen LogP contribution >= 0.6 is 11.3 Å². The van der Waals surface area contributed by atoms with E-state index in [0.29, 0.717) is 29.6 Å². The van der Waals surface area contributed by atoms with E-state index in [4.69, 9.17) is 4.42 Å². The molecule has 6 heteroatoms. The molecule has 0 unspecified atom stereocenters. The third-order valence-corrected chi connectivity index (χ3v) is 4.38. The summed E-state index contributed by atoms with van der Waals surface area (Å²) in [5, 5.41) is 3.45. The predicted octanol–water partition coefficient (Wildman–Crippen LogP) is 3.93. The van der Waals surface area contributed by atoms with Crippen LogP contribution in [0.5, 0.6) is 0 Å². The highest BCUT2D eigenvalue weighted by molar-refractivity contribution is 7.15. The molecule has 0 saturated heterocycles. The largest absolute Gasteiger partial charge is 0.441 e. The number of aryl methyl sites for hydroxylation is 2. The van der Waals surface area contributed by atoms with Gasteiger partial charge in [0.2, 0.25) is 5.91 Å². The Morgan fingerprint density at radius 3 is 2.78 bits per heavy atom. The maximum atomic E-state index is 11.9. The van der Waals surface area contributed by atoms with Crippen molar-refractivity contribution in [3.8, 4) is 11.3 Å². The Kier molecular flexibility index (Phi) is 4.83. The van der Waals surface area contributed by atoms with Gasteiger partial charge in [0.25, 0.3) is 0 Å². The van der Waals surface area contributed by atoms with Gasteiger partial charge in [0, 0.05) is 29.5 Å². The third kappa shape index (κ3) is 4.04. The second-order valence-corrected chi connectivity index (χ2v) is 6.13. The predicted molar refractivity (Wildman–Crippen MR) is 90.4 cm³/mol. The number of carbonyl (C=O) groups is 1. The summed E-state index contributed by atoms with van der Waals surface area (Å²) in [6.07, 6.45) is 5.18. The van der Waals surface area contributed by atoms with Crippen molar-refractivity contribution in [1.82, 2.24) is 9.97 Å². The first-order valence-corrected chi connectivity index (χ1v) is 8.31. The zero-order valence-electron chi connectivity index (χ0n) is 12.8. The molecule has 0 saturated carbocycles. The smallest absolute Gasteiger partial charge is 0.226 e. The van der Waals surface area contributed by atoms with Crippen molar-refractivity contribution >= 4 is 22.4 Å². The summed E-state index contributed by atoms with van der Waals surface area (Å²) in [7, 11) is 0. The van der Waals surface area contributed by atoms with Crippen LogP contribution in [0.25, 0.3) is 11.3 Å². The van der Waals surface area contributed by atoms with Crippen molar-refractivity contribution < 1.29 is 9.21 Å². The summed E-state index contributed by atoms with van der Waals surface area (Å²) in [5.74, 6) is 1.20. The summed E-state index contributed by atoms with van der Waals surface area (Å²) in [5.41, 5.74) is 0.977. The van der Waals surface area contributed by atoms with Crippen LogP contribution in [-0.4, -0.2) is 15.9 Å². The van der Waals surface area contributed by atoms with Gasteiger partial charge in [-0.1, -0.05) is 37.3 Å². The van der Waals surface area contributed by atoms with Gasteiger partial charge in [0.1, 0.15) is 0 Å². The molecule has 3 aromatic rings. The number of amides is 1. The van der Waals surface area contributed by atoms with E-state index < -0.39 is 0 Å². The van der Waals surface area contributed by atoms with Crippen LogP contribution < -0.4 is 5.32 Å². The standard InChI is InChI=1S/C17H17N3O2S/c1-2-13-10-19-17(23-13)20-15(21)8-9-16-18-11-14(22-16)12-6-4-3-5-7-12/h3-7,10-11H,2,8-9H2,1H3,(H,19,20,21). The van der Waals surface area contributed by atoms with E-state index in [0.717, 1.165) is 16.9 Å². The lowest BCUT2D eigenvalue weighted by atomic mass is 10.2. The van der Waals surface area contributed by atoms with Gasteiger partial charge in [-0.05, 0) is 6.42 Å². The molecule has 0 aliphatic carbocycles. The molecule has 2 aromatic heterocycles. The van der Waals surface area contributed by atoms with Crippen molar-refractivity contribution in [2.75, 3.05) is 5.32 Å². The van der Waals surface area contributed by atoms with Gasteiger partial charge in [0.05, 0.1) is 6.20 Å². The number of hydrogen-bond acceptors (Lipinski definition) is 5. The fourth-order valence-corrected chi connectivity index (χ4v) is 2.86. The van der Waals surface area contributed by atoms with Crippen LogP contribution in [0.4, 0.5) is 5.13 Å². The van der Waals surface area contributed by atoms with E-state index in [1.165, 1.54) is 11.3 Å². The van der Waals surface area contributed by atoms with Crippen molar-refractivity contribution in [3.63, 3.8) is 0 Å². The van der Waals surface area contributed by atoms with E-state index >= 15 is 0 Å². The lowest BCUT2D eigenvalue weighted by Crippen LogP contribution is -2.12. The molecule has 1 N–H and O–H groups in total. The number of carbonyl (C=O) groups excluding carboxylic acids is 1. The van der Waals surface area contributed by atoms with Crippen LogP contribution in [0.2, 0.25) is 0 Å². The summed E-state index contributed by atoms with van der Waals surface area (Å²) in [4.78, 5) is 21.5. The molecule has 0 spiro atoms. The molecule has 23 heavy (non-hydrogen) atoms. The molecule has 5 nitrogen and oxygen atoms in total. The van der Waals surface area contributed by atoms with Crippen LogP contribution in [-0.2, 0) is 17.6 Å². The minimum atomic E-state index is -0.0820. The average molecular weight is 327 g/mol. The van der Waals surface area contributed by atoms with E-state index in [-0.39, 0.29) is 5.91 Å². The Morgan fingerprint density at radius 1 is 1.22 bits per heavy atom. The molecule has 0 atom stereocenters. The Labute approximate surface area is 138 Å². The van der Waals surface area contributed by atoms with Crippen molar-refractivity contribution in [2.24, 2.45) is 0 Å². The van der Waals surface area contributed by atoms with Crippen molar-refractivity contribution in [3.05, 3.63) is 53.5 Å². The topological polar surface area (TPSA) is 68.0 Å². The molecule has 118 valence electrons. The number of anilines is 1. The highest BCUT2D eigenvalue weighted by atomic mass is 32.1. The van der Waals surface area contributed by atoms with Crippen LogP contribution in [0.15, 0.2) is 47.1 Å². The molecular formula is C17H17N3O2S. The quantitative estimate of drug-likeness (QED) is 0.745. The fraction of sp³-hybridized carbons (Fsp3) is 0.235. The van der Waals surface area contributed by atoms with Gasteiger partial charge in [-0.2, -0.15) is 0 Å². The molecule has 0 radical (unpaired) electrons. The molecule has 1 amide bonds. The molecule has 0 fully saturated rings. The summed E-state index contributed by atoms with van der Waals surface area (Å²) < 4.78 is 5.69. The fourth-order valence-electron chi connectivity index (χ4n) is 2.09. The number of nitrogens with zero attached hydrogens (tertiary/aromatic N) is 2. The summed E-state index contributed by atoms with van der Waals surface area (Å²) in [6.45, 7) is 2.06. The lowest BCUT2D eigenvalue weighted by molar-refractivity contribution is -0.116. The Bertz CT molecular complexity index is 780. The molecular weight excluding hydrogens is 310 g/mol. The SMILES string of the molecule is CCc1cnc(NC(=O)CCc2ncc(-c3ccccc3)o2)s1. The van der Waals surface area contributed by atoms with Gasteiger partial charge in [-0.15, -0.1) is 11.3 Å². The Hall–Kier alpha value is -2.47. The molecule has 0 aliphatic heterocycles. The normalized spacial score (nSPS) is 10.7. The highest BCUT2D eigenvalue weighted by Gasteiger charge is 2.10. The second-order valence-electron chi connectivity index (χ2n) is 5.02. The maximum absolute atomic E-state index is 11.9. The van der Waals surface area contributed by atoms with E-state index in [2.05, 4.69) is 22.2 Å². The molecule has 3 rings (SSSR count). The third-order valence-electron chi connectivity index (χ3n) is 3.33. The zero-order valence-corrected chi connectivity index (χ0v) is 13.6. The van der Waals surface area contributed by atoms with Gasteiger partial charge in [0.15, 0.2) is 16.8 Å². The summed E-state index contributed by atoms with van der Waals surface area (Å²) >= 11 is 1.50. The highest BCUT2D eigenvalue weighted by Crippen LogP contribution is 2.21. The van der Waals surface area contributed by atoms with Gasteiger partial charge < -0.3 is 9.73 Å². The number of thiazole rings is 1. The first kappa shape index (κ1) is 15.4. The monoisotopic (exact) mass is 327 g/mol. The van der Waals surface area contributed by atoms with Crippen LogP contribution in [0, 0.1) is 0 Å². The minimum Gasteiger partial charge on any atom is -0.441 e. The number of aromatic nitrogens is 2. The van der Waals surface area contributed by atoms with Crippen LogP contribution in [0.3, 0.4) is 0 Å². The number of hydrogen-bond donors (Lipinski definition) is 1. The first-order valence-electron chi connectivity index (χ1n) is 7.49. The number of nitrogens with one attached hydrogen (secondary N) is 1. The zero-order chi connectivity index (χ0) is 16.1. The first-order chi connectivity index (χ1) is 11.2. The number of oxazole rings is 1. The maximum Gasteiger partial charge on any atom is 0.226 e. The Morgan fingerprint density at radius 2 is 2.04 bits per heavy atom. The van der Waals surface area contributed by atoms with Crippen molar-refractivity contribution in [1.29, 1.82) is 0 Å². The number of rotatable bonds is 6. The summed E-state index contributed by atoms with van der Waals surface area (Å²) in [6, 6.07) is 9.77. The van der Waals surface area contributed by atoms with Gasteiger partial charge >= 0.3 is 0 Å². The Balaban J connectivity index is 1.54. The lowest BCUT2D eigenvalue weighted by Gasteiger charge is -1.99. The van der Waals surface area contributed by atoms with Crippen LogP contribution in [0.1, 0.15) is 24.1 Å². The van der Waals surface area contributed by atoms with Gasteiger partial charge in [-0.25, -0.2) is 9.97 Å². The van der Waals surface area contributed by atoms with Gasteiger partial charge in [-0.3, -0.25) is 4.79 Å². The molecule has 0 bridgehead atoms. The average Bonchev–Trinajstić information content (AvgIpc) is 3.23.